The number of nitrogens with zero attached hydrogens (tertiary/aromatic N) is 1. The number of carbonyl (C=O) groups is 1. The molecule has 23 heavy (non-hydrogen) atoms. The Kier molecular flexibility index (Phi) is 3.35. The Morgan fingerprint density at radius 3 is 2.70 bits per heavy atom. The molecule has 0 saturated carbocycles. The van der Waals surface area contributed by atoms with E-state index in [0.29, 0.717) is 6.54 Å². The Morgan fingerprint density at radius 1 is 0.957 bits per heavy atom. The van der Waals surface area contributed by atoms with Crippen molar-refractivity contribution in [2.45, 2.75) is 0 Å². The fraction of sp³-hybridized carbons (Fsp3) is 0.105. The van der Waals surface area contributed by atoms with E-state index in [1.807, 2.05) is 66.7 Å². The predicted octanol–water partition coefficient (Wildman–Crippen LogP) is 4.30. The molecule has 1 heterocycles. The van der Waals surface area contributed by atoms with Crippen LogP contribution in [-0.4, -0.2) is 19.1 Å². The third-order valence-corrected chi connectivity index (χ3v) is 4.12. The van der Waals surface area contributed by atoms with Gasteiger partial charge in [0.1, 0.15) is 0 Å². The molecular weight excluding hydrogens is 286 g/mol. The number of hydrogen-bond acceptors (Lipinski definition) is 2. The van der Waals surface area contributed by atoms with Gasteiger partial charge in [0.15, 0.2) is 0 Å². The number of urea groups is 1. The van der Waals surface area contributed by atoms with E-state index in [0.717, 1.165) is 34.4 Å². The van der Waals surface area contributed by atoms with E-state index in [-0.39, 0.29) is 6.03 Å². The summed E-state index contributed by atoms with van der Waals surface area (Å²) in [6.45, 7) is 1.40. The number of fused-ring (bicyclic) bond motifs is 2. The van der Waals surface area contributed by atoms with Gasteiger partial charge >= 0.3 is 6.03 Å². The van der Waals surface area contributed by atoms with Crippen LogP contribution in [0.4, 0.5) is 21.9 Å². The quantitative estimate of drug-likeness (QED) is 0.704. The summed E-state index contributed by atoms with van der Waals surface area (Å²) in [5, 5.41) is 8.54. The number of anilines is 3. The Labute approximate surface area is 134 Å². The lowest BCUT2D eigenvalue weighted by molar-refractivity contribution is 0.257. The smallest absolute Gasteiger partial charge is 0.326 e. The van der Waals surface area contributed by atoms with Gasteiger partial charge < -0.3 is 10.6 Å². The molecule has 114 valence electrons. The molecule has 0 bridgehead atoms. The number of benzene rings is 3. The van der Waals surface area contributed by atoms with Gasteiger partial charge in [-0.05, 0) is 23.6 Å². The maximum absolute atomic E-state index is 12.8. The lowest BCUT2D eigenvalue weighted by atomic mass is 10.1. The van der Waals surface area contributed by atoms with E-state index in [2.05, 4.69) is 10.6 Å². The van der Waals surface area contributed by atoms with Crippen molar-refractivity contribution in [1.82, 2.24) is 0 Å². The Morgan fingerprint density at radius 2 is 1.74 bits per heavy atom. The second kappa shape index (κ2) is 5.65. The summed E-state index contributed by atoms with van der Waals surface area (Å²) in [6.07, 6.45) is 0. The van der Waals surface area contributed by atoms with E-state index < -0.39 is 0 Å². The normalized spacial score (nSPS) is 13.3. The zero-order valence-corrected chi connectivity index (χ0v) is 12.6. The fourth-order valence-electron chi connectivity index (χ4n) is 3.01. The number of rotatable bonds is 1. The second-order valence-corrected chi connectivity index (χ2v) is 5.55. The molecule has 0 aliphatic carbocycles. The highest BCUT2D eigenvalue weighted by atomic mass is 16.2. The van der Waals surface area contributed by atoms with Crippen LogP contribution >= 0.6 is 0 Å². The van der Waals surface area contributed by atoms with Crippen molar-refractivity contribution in [2.24, 2.45) is 0 Å². The summed E-state index contributed by atoms with van der Waals surface area (Å²) in [5.41, 5.74) is 2.74. The van der Waals surface area contributed by atoms with Crippen molar-refractivity contribution in [3.63, 3.8) is 0 Å². The first-order chi connectivity index (χ1) is 11.3. The third-order valence-electron chi connectivity index (χ3n) is 4.12. The van der Waals surface area contributed by atoms with E-state index >= 15 is 0 Å². The van der Waals surface area contributed by atoms with Crippen LogP contribution in [0.1, 0.15) is 0 Å². The Bertz CT molecular complexity index is 870. The van der Waals surface area contributed by atoms with Gasteiger partial charge in [-0.2, -0.15) is 0 Å². The molecule has 2 N–H and O–H groups in total. The van der Waals surface area contributed by atoms with E-state index in [9.17, 15) is 4.79 Å². The molecule has 4 rings (SSSR count). The molecule has 2 amide bonds. The van der Waals surface area contributed by atoms with E-state index in [1.165, 1.54) is 0 Å². The Hall–Kier alpha value is -3.01. The van der Waals surface area contributed by atoms with Gasteiger partial charge in [0.25, 0.3) is 0 Å². The van der Waals surface area contributed by atoms with Crippen LogP contribution in [0.25, 0.3) is 10.8 Å². The van der Waals surface area contributed by atoms with E-state index in [1.54, 1.807) is 4.90 Å². The predicted molar refractivity (Wildman–Crippen MR) is 95.2 cm³/mol. The van der Waals surface area contributed by atoms with Crippen molar-refractivity contribution in [3.05, 3.63) is 66.7 Å². The third kappa shape index (κ3) is 2.48. The largest absolute Gasteiger partial charge is 0.382 e. The number of hydrogen-bond donors (Lipinski definition) is 2. The highest BCUT2D eigenvalue weighted by Gasteiger charge is 2.22. The number of amides is 2. The molecule has 0 fully saturated rings. The summed E-state index contributed by atoms with van der Waals surface area (Å²) in [7, 11) is 0. The number of carbonyl (C=O) groups excluding carboxylic acids is 1. The lowest BCUT2D eigenvalue weighted by Crippen LogP contribution is -2.41. The fourth-order valence-corrected chi connectivity index (χ4v) is 3.01. The minimum absolute atomic E-state index is 0.102. The number of nitrogens with one attached hydrogen (secondary N) is 2. The molecule has 0 atom stereocenters. The van der Waals surface area contributed by atoms with Crippen LogP contribution in [0.2, 0.25) is 0 Å². The highest BCUT2D eigenvalue weighted by molar-refractivity contribution is 6.08. The molecule has 4 heteroatoms. The monoisotopic (exact) mass is 303 g/mol. The highest BCUT2D eigenvalue weighted by Crippen LogP contribution is 2.30. The van der Waals surface area contributed by atoms with Crippen molar-refractivity contribution < 1.29 is 4.79 Å². The van der Waals surface area contributed by atoms with Gasteiger partial charge in [-0.15, -0.1) is 0 Å². The van der Waals surface area contributed by atoms with Crippen LogP contribution in [0, 0.1) is 0 Å². The maximum Gasteiger partial charge on any atom is 0.326 e. The Balaban J connectivity index is 1.66. The van der Waals surface area contributed by atoms with Crippen molar-refractivity contribution in [1.29, 1.82) is 0 Å². The summed E-state index contributed by atoms with van der Waals surface area (Å²) in [5.74, 6) is 0. The van der Waals surface area contributed by atoms with Crippen molar-refractivity contribution in [2.75, 3.05) is 28.6 Å². The molecule has 1 aliphatic rings. The maximum atomic E-state index is 12.8. The molecule has 1 aliphatic heterocycles. The SMILES string of the molecule is O=C(Nc1cccc2ccccc12)N1CCNc2ccccc21. The van der Waals surface area contributed by atoms with Crippen LogP contribution in [0.5, 0.6) is 0 Å². The van der Waals surface area contributed by atoms with Gasteiger partial charge in [-0.3, -0.25) is 4.90 Å². The van der Waals surface area contributed by atoms with Crippen LogP contribution < -0.4 is 15.5 Å². The van der Waals surface area contributed by atoms with E-state index in [4.69, 9.17) is 0 Å². The first kappa shape index (κ1) is 13.6. The summed E-state index contributed by atoms with van der Waals surface area (Å²) >= 11 is 0. The zero-order valence-electron chi connectivity index (χ0n) is 12.6. The van der Waals surface area contributed by atoms with Crippen molar-refractivity contribution in [3.8, 4) is 0 Å². The molecular formula is C19H17N3O. The minimum Gasteiger partial charge on any atom is -0.382 e. The average molecular weight is 303 g/mol. The summed E-state index contributed by atoms with van der Waals surface area (Å²) in [4.78, 5) is 14.5. The molecule has 0 aromatic heterocycles. The number of para-hydroxylation sites is 2. The average Bonchev–Trinajstić information content (AvgIpc) is 2.61. The van der Waals surface area contributed by atoms with Crippen molar-refractivity contribution >= 4 is 33.9 Å². The minimum atomic E-state index is -0.102. The topological polar surface area (TPSA) is 44.4 Å². The standard InChI is InChI=1S/C19H17N3O/c23-19(22-13-12-20-17-9-3-4-11-18(17)22)21-16-10-5-7-14-6-1-2-8-15(14)16/h1-11,20H,12-13H2,(H,21,23). The van der Waals surface area contributed by atoms with Gasteiger partial charge in [-0.25, -0.2) is 4.79 Å². The summed E-state index contributed by atoms with van der Waals surface area (Å²) < 4.78 is 0. The van der Waals surface area contributed by atoms with Gasteiger partial charge in [-0.1, -0.05) is 48.5 Å². The second-order valence-electron chi connectivity index (χ2n) is 5.55. The summed E-state index contributed by atoms with van der Waals surface area (Å²) in [6, 6.07) is 21.8. The zero-order chi connectivity index (χ0) is 15.6. The molecule has 0 saturated heterocycles. The van der Waals surface area contributed by atoms with Crippen LogP contribution in [0.3, 0.4) is 0 Å². The van der Waals surface area contributed by atoms with Crippen LogP contribution in [-0.2, 0) is 0 Å². The first-order valence-electron chi connectivity index (χ1n) is 7.72. The van der Waals surface area contributed by atoms with Gasteiger partial charge in [0.05, 0.1) is 17.1 Å². The van der Waals surface area contributed by atoms with Gasteiger partial charge in [0.2, 0.25) is 0 Å². The lowest BCUT2D eigenvalue weighted by Gasteiger charge is -2.30. The molecule has 3 aromatic carbocycles. The molecule has 0 spiro atoms. The molecule has 0 radical (unpaired) electrons. The molecule has 3 aromatic rings. The van der Waals surface area contributed by atoms with Crippen LogP contribution in [0.15, 0.2) is 66.7 Å². The van der Waals surface area contributed by atoms with Gasteiger partial charge in [0, 0.05) is 18.5 Å². The first-order valence-corrected chi connectivity index (χ1v) is 7.72. The molecule has 0 unspecified atom stereocenters. The molecule has 4 nitrogen and oxygen atoms in total.